The minimum atomic E-state index is -0.519. The fraction of sp³-hybridized carbons (Fsp3) is 0.200. The number of hydrogen-bond donors (Lipinski definition) is 1. The number of benzene rings is 3. The summed E-state index contributed by atoms with van der Waals surface area (Å²) in [6.45, 7) is 4.50. The lowest BCUT2D eigenvalue weighted by Gasteiger charge is -2.22. The van der Waals surface area contributed by atoms with Crippen LogP contribution in [-0.4, -0.2) is 23.3 Å². The summed E-state index contributed by atoms with van der Waals surface area (Å²) in [6.07, 6.45) is 0. The molecular weight excluding hydrogens is 360 g/mol. The van der Waals surface area contributed by atoms with Gasteiger partial charge in [0.05, 0.1) is 6.54 Å². The lowest BCUT2D eigenvalue weighted by atomic mass is 10.0. The second-order valence-electron chi connectivity index (χ2n) is 7.05. The summed E-state index contributed by atoms with van der Waals surface area (Å²) in [5.41, 5.74) is 8.05. The first-order valence-electron chi connectivity index (χ1n) is 9.69. The van der Waals surface area contributed by atoms with Gasteiger partial charge in [-0.05, 0) is 29.2 Å². The molecule has 3 aromatic carbocycles. The molecule has 0 fully saturated rings. The van der Waals surface area contributed by atoms with Crippen LogP contribution in [-0.2, 0) is 11.3 Å². The van der Waals surface area contributed by atoms with E-state index in [9.17, 15) is 9.59 Å². The average molecular weight is 389 g/mol. The maximum atomic E-state index is 12.6. The molecule has 0 aliphatic carbocycles. The van der Waals surface area contributed by atoms with Crippen molar-refractivity contribution in [2.24, 2.45) is 5.73 Å². The van der Waals surface area contributed by atoms with Crippen molar-refractivity contribution >= 4 is 11.8 Å². The number of carbonyl (C=O) groups is 2. The molecule has 0 unspecified atom stereocenters. The van der Waals surface area contributed by atoms with E-state index in [4.69, 9.17) is 5.73 Å². The summed E-state index contributed by atoms with van der Waals surface area (Å²) >= 11 is 0. The third-order valence-electron chi connectivity index (χ3n) is 4.31. The maximum absolute atomic E-state index is 12.6. The fourth-order valence-corrected chi connectivity index (χ4v) is 2.81. The predicted octanol–water partition coefficient (Wildman–Crippen LogP) is 4.62. The second kappa shape index (κ2) is 11.4. The summed E-state index contributed by atoms with van der Waals surface area (Å²) in [6, 6.07) is 29.0. The zero-order chi connectivity index (χ0) is 21.1. The Labute approximate surface area is 173 Å². The lowest BCUT2D eigenvalue weighted by molar-refractivity contribution is -0.118. The summed E-state index contributed by atoms with van der Waals surface area (Å²) in [4.78, 5) is 25.4. The molecule has 0 saturated carbocycles. The van der Waals surface area contributed by atoms with Crippen molar-refractivity contribution < 1.29 is 9.59 Å². The van der Waals surface area contributed by atoms with E-state index in [0.717, 1.165) is 5.56 Å². The van der Waals surface area contributed by atoms with Crippen LogP contribution in [0, 0.1) is 0 Å². The first kappa shape index (κ1) is 21.9. The molecule has 0 saturated heterocycles. The van der Waals surface area contributed by atoms with Crippen molar-refractivity contribution in [1.82, 2.24) is 4.90 Å². The van der Waals surface area contributed by atoms with Gasteiger partial charge >= 0.3 is 0 Å². The number of nitrogens with zero attached hydrogens (tertiary/aromatic N) is 1. The van der Waals surface area contributed by atoms with E-state index in [1.807, 2.05) is 54.6 Å². The van der Waals surface area contributed by atoms with Crippen LogP contribution in [0.1, 0.15) is 41.3 Å². The van der Waals surface area contributed by atoms with Gasteiger partial charge in [-0.15, -0.1) is 0 Å². The largest absolute Gasteiger partial charge is 0.368 e. The first-order chi connectivity index (χ1) is 14.0. The first-order valence-corrected chi connectivity index (χ1v) is 9.69. The summed E-state index contributed by atoms with van der Waals surface area (Å²) in [5, 5.41) is 0. The number of primary amides is 1. The molecule has 3 aromatic rings. The van der Waals surface area contributed by atoms with Crippen molar-refractivity contribution in [2.75, 3.05) is 6.54 Å². The Morgan fingerprint density at radius 2 is 1.38 bits per heavy atom. The molecule has 0 aliphatic heterocycles. The van der Waals surface area contributed by atoms with E-state index >= 15 is 0 Å². The van der Waals surface area contributed by atoms with Gasteiger partial charge in [-0.3, -0.25) is 9.59 Å². The fourth-order valence-electron chi connectivity index (χ4n) is 2.81. The Morgan fingerprint density at radius 3 is 1.90 bits per heavy atom. The van der Waals surface area contributed by atoms with Crippen LogP contribution in [0.2, 0.25) is 0 Å². The molecular formula is C25H28N2O2. The Kier molecular flexibility index (Phi) is 8.64. The molecule has 4 heteroatoms. The van der Waals surface area contributed by atoms with Crippen molar-refractivity contribution in [3.8, 4) is 0 Å². The van der Waals surface area contributed by atoms with Crippen molar-refractivity contribution in [3.05, 3.63) is 108 Å². The summed E-state index contributed by atoms with van der Waals surface area (Å²) in [5.74, 6) is -0.307. The van der Waals surface area contributed by atoms with Gasteiger partial charge in [0.25, 0.3) is 5.91 Å². The smallest absolute Gasteiger partial charge is 0.254 e. The molecule has 4 nitrogen and oxygen atoms in total. The zero-order valence-corrected chi connectivity index (χ0v) is 17.0. The molecule has 0 atom stereocenters. The highest BCUT2D eigenvalue weighted by atomic mass is 16.2. The predicted molar refractivity (Wildman–Crippen MR) is 117 cm³/mol. The number of hydrogen-bond acceptors (Lipinski definition) is 2. The average Bonchev–Trinajstić information content (AvgIpc) is 2.75. The lowest BCUT2D eigenvalue weighted by Crippen LogP contribution is -2.38. The number of rotatable bonds is 6. The van der Waals surface area contributed by atoms with Crippen LogP contribution in [0.5, 0.6) is 0 Å². The maximum Gasteiger partial charge on any atom is 0.254 e. The van der Waals surface area contributed by atoms with E-state index in [1.54, 1.807) is 24.3 Å². The Balaban J connectivity index is 0.000000426. The van der Waals surface area contributed by atoms with E-state index < -0.39 is 5.91 Å². The monoisotopic (exact) mass is 388 g/mol. The minimum Gasteiger partial charge on any atom is -0.368 e. The van der Waals surface area contributed by atoms with E-state index in [-0.39, 0.29) is 12.5 Å². The van der Waals surface area contributed by atoms with Gasteiger partial charge in [0.1, 0.15) is 0 Å². The molecule has 0 spiro atoms. The molecule has 150 valence electrons. The Bertz CT molecular complexity index is 866. The molecule has 29 heavy (non-hydrogen) atoms. The van der Waals surface area contributed by atoms with Gasteiger partial charge in [-0.2, -0.15) is 0 Å². The van der Waals surface area contributed by atoms with E-state index in [0.29, 0.717) is 18.0 Å². The van der Waals surface area contributed by atoms with Crippen LogP contribution in [0.25, 0.3) is 0 Å². The minimum absolute atomic E-state index is 0.0976. The van der Waals surface area contributed by atoms with Crippen molar-refractivity contribution in [1.29, 1.82) is 0 Å². The van der Waals surface area contributed by atoms with Crippen LogP contribution in [0.15, 0.2) is 91.0 Å². The topological polar surface area (TPSA) is 63.4 Å². The van der Waals surface area contributed by atoms with Gasteiger partial charge in [0.2, 0.25) is 5.91 Å². The zero-order valence-electron chi connectivity index (χ0n) is 17.0. The van der Waals surface area contributed by atoms with Gasteiger partial charge in [-0.1, -0.05) is 92.7 Å². The number of carbonyl (C=O) groups excluding carboxylic acids is 2. The van der Waals surface area contributed by atoms with E-state index in [2.05, 4.69) is 26.0 Å². The summed E-state index contributed by atoms with van der Waals surface area (Å²) < 4.78 is 0. The molecule has 2 amide bonds. The molecule has 0 bridgehead atoms. The molecule has 0 aliphatic rings. The highest BCUT2D eigenvalue weighted by Crippen LogP contribution is 2.17. The van der Waals surface area contributed by atoms with Gasteiger partial charge in [0, 0.05) is 12.1 Å². The SMILES string of the molecule is CC(C)c1cccc(CN(CC(N)=O)C(=O)c2ccccc2)c1.c1ccccc1. The Morgan fingerprint density at radius 1 is 0.828 bits per heavy atom. The second-order valence-corrected chi connectivity index (χ2v) is 7.05. The standard InChI is InChI=1S/C19H22N2O2.C6H6/c1-14(2)17-10-6-7-15(11-17)12-21(13-18(20)22)19(23)16-8-4-3-5-9-16;1-2-4-6-5-3-1/h3-11,14H,12-13H2,1-2H3,(H2,20,22);1-6H. The third kappa shape index (κ3) is 7.62. The van der Waals surface area contributed by atoms with Crippen LogP contribution < -0.4 is 5.73 Å². The molecule has 3 rings (SSSR count). The molecule has 0 heterocycles. The highest BCUT2D eigenvalue weighted by Gasteiger charge is 2.18. The quantitative estimate of drug-likeness (QED) is 0.669. The molecule has 0 aromatic heterocycles. The summed E-state index contributed by atoms with van der Waals surface area (Å²) in [7, 11) is 0. The van der Waals surface area contributed by atoms with E-state index in [1.165, 1.54) is 10.5 Å². The van der Waals surface area contributed by atoms with Gasteiger partial charge in [0.15, 0.2) is 0 Å². The van der Waals surface area contributed by atoms with Gasteiger partial charge < -0.3 is 10.6 Å². The highest BCUT2D eigenvalue weighted by molar-refractivity contribution is 5.96. The van der Waals surface area contributed by atoms with Crippen molar-refractivity contribution in [3.63, 3.8) is 0 Å². The molecule has 2 N–H and O–H groups in total. The third-order valence-corrected chi connectivity index (χ3v) is 4.31. The van der Waals surface area contributed by atoms with Gasteiger partial charge in [-0.25, -0.2) is 0 Å². The van der Waals surface area contributed by atoms with Crippen LogP contribution in [0.4, 0.5) is 0 Å². The van der Waals surface area contributed by atoms with Crippen LogP contribution >= 0.6 is 0 Å². The number of nitrogens with two attached hydrogens (primary N) is 1. The van der Waals surface area contributed by atoms with Crippen LogP contribution in [0.3, 0.4) is 0 Å². The Hall–Kier alpha value is -3.40. The number of amides is 2. The normalized spacial score (nSPS) is 10.0. The molecule has 0 radical (unpaired) electrons. The van der Waals surface area contributed by atoms with Crippen molar-refractivity contribution in [2.45, 2.75) is 26.3 Å².